The molecular formula is C10H15Cl. The predicted molar refractivity (Wildman–Crippen MR) is 48.9 cm³/mol. The zero-order valence-corrected chi connectivity index (χ0v) is 7.61. The topological polar surface area (TPSA) is 0 Å². The first-order valence-corrected chi connectivity index (χ1v) is 5.09. The minimum atomic E-state index is 0.582. The molecule has 2 rings (SSSR count). The Morgan fingerprint density at radius 3 is 2.36 bits per heavy atom. The Hall–Kier alpha value is 0.0300. The van der Waals surface area contributed by atoms with Gasteiger partial charge in [0.05, 0.1) is 0 Å². The van der Waals surface area contributed by atoms with Crippen LogP contribution in [0, 0.1) is 11.3 Å². The molecular weight excluding hydrogens is 156 g/mol. The molecule has 0 spiro atoms. The molecule has 0 nitrogen and oxygen atoms in total. The van der Waals surface area contributed by atoms with Crippen LogP contribution in [0.5, 0.6) is 0 Å². The lowest BCUT2D eigenvalue weighted by atomic mass is 9.92. The highest BCUT2D eigenvalue weighted by Crippen LogP contribution is 2.52. The van der Waals surface area contributed by atoms with Crippen molar-refractivity contribution in [3.63, 3.8) is 0 Å². The molecule has 0 aliphatic heterocycles. The summed E-state index contributed by atoms with van der Waals surface area (Å²) in [7, 11) is 0. The largest absolute Gasteiger partial charge is 0.126 e. The highest BCUT2D eigenvalue weighted by atomic mass is 35.5. The fraction of sp³-hybridized carbons (Fsp3) is 0.800. The van der Waals surface area contributed by atoms with E-state index in [0.717, 1.165) is 11.8 Å². The Balaban J connectivity index is 1.81. The van der Waals surface area contributed by atoms with E-state index in [4.69, 9.17) is 11.6 Å². The summed E-state index contributed by atoms with van der Waals surface area (Å²) in [5.74, 6) is 1.82. The van der Waals surface area contributed by atoms with Crippen LogP contribution in [0.25, 0.3) is 0 Å². The summed E-state index contributed by atoms with van der Waals surface area (Å²) in [4.78, 5) is 0. The van der Waals surface area contributed by atoms with Gasteiger partial charge in [0.1, 0.15) is 0 Å². The van der Waals surface area contributed by atoms with Crippen LogP contribution in [0.3, 0.4) is 0 Å². The van der Waals surface area contributed by atoms with Gasteiger partial charge in [-0.25, -0.2) is 0 Å². The van der Waals surface area contributed by atoms with E-state index >= 15 is 0 Å². The van der Waals surface area contributed by atoms with Crippen LogP contribution in [0.4, 0.5) is 0 Å². The Morgan fingerprint density at radius 1 is 1.27 bits per heavy atom. The predicted octanol–water partition coefficient (Wildman–Crippen LogP) is 3.36. The summed E-state index contributed by atoms with van der Waals surface area (Å²) in [5.41, 5.74) is 0.582. The van der Waals surface area contributed by atoms with Crippen molar-refractivity contribution in [3.8, 4) is 0 Å². The first-order chi connectivity index (χ1) is 5.35. The molecule has 0 aromatic rings. The van der Waals surface area contributed by atoms with Gasteiger partial charge >= 0.3 is 0 Å². The zero-order valence-electron chi connectivity index (χ0n) is 6.85. The van der Waals surface area contributed by atoms with Gasteiger partial charge in [0.15, 0.2) is 0 Å². The third-order valence-electron chi connectivity index (χ3n) is 3.07. The second kappa shape index (κ2) is 2.82. The summed E-state index contributed by atoms with van der Waals surface area (Å²) in [6.07, 6.45) is 11.4. The third-order valence-corrected chi connectivity index (χ3v) is 3.63. The monoisotopic (exact) mass is 170 g/mol. The molecule has 0 amide bonds. The maximum Gasteiger partial charge on any atom is 0.0280 e. The molecule has 0 unspecified atom stereocenters. The number of rotatable bonds is 3. The van der Waals surface area contributed by atoms with Crippen LogP contribution in [-0.4, -0.2) is 5.88 Å². The quantitative estimate of drug-likeness (QED) is 0.450. The van der Waals surface area contributed by atoms with E-state index in [1.54, 1.807) is 0 Å². The van der Waals surface area contributed by atoms with Gasteiger partial charge in [0.25, 0.3) is 0 Å². The standard InChI is InChI=1S/C10H15Cl/c11-8-10(5-6-10)7-9-3-1-2-4-9/h1-2,9H,3-8H2. The lowest BCUT2D eigenvalue weighted by Gasteiger charge is -2.16. The van der Waals surface area contributed by atoms with Crippen LogP contribution in [0.1, 0.15) is 32.1 Å². The molecule has 0 aromatic heterocycles. The minimum Gasteiger partial charge on any atom is -0.126 e. The van der Waals surface area contributed by atoms with E-state index in [1.807, 2.05) is 0 Å². The molecule has 2 aliphatic rings. The van der Waals surface area contributed by atoms with Crippen molar-refractivity contribution in [3.05, 3.63) is 12.2 Å². The Labute approximate surface area is 73.6 Å². The van der Waals surface area contributed by atoms with E-state index in [9.17, 15) is 0 Å². The van der Waals surface area contributed by atoms with Crippen molar-refractivity contribution >= 4 is 11.6 Å². The lowest BCUT2D eigenvalue weighted by Crippen LogP contribution is -2.08. The lowest BCUT2D eigenvalue weighted by molar-refractivity contribution is 0.394. The summed E-state index contributed by atoms with van der Waals surface area (Å²) in [5, 5.41) is 0. The molecule has 0 heterocycles. The van der Waals surface area contributed by atoms with Gasteiger partial charge < -0.3 is 0 Å². The summed E-state index contributed by atoms with van der Waals surface area (Å²) in [6.45, 7) is 0. The number of halogens is 1. The zero-order chi connectivity index (χ0) is 7.73. The van der Waals surface area contributed by atoms with Crippen LogP contribution in [-0.2, 0) is 0 Å². The SMILES string of the molecule is ClCC1(CC2CC=CC2)CC1. The van der Waals surface area contributed by atoms with E-state index in [-0.39, 0.29) is 0 Å². The van der Waals surface area contributed by atoms with Crippen molar-refractivity contribution < 1.29 is 0 Å². The van der Waals surface area contributed by atoms with Crippen LogP contribution in [0.2, 0.25) is 0 Å². The number of allylic oxidation sites excluding steroid dienone is 2. The number of hydrogen-bond acceptors (Lipinski definition) is 0. The fourth-order valence-electron chi connectivity index (χ4n) is 2.02. The van der Waals surface area contributed by atoms with Crippen molar-refractivity contribution in [2.24, 2.45) is 11.3 Å². The average molecular weight is 171 g/mol. The highest BCUT2D eigenvalue weighted by molar-refractivity contribution is 6.18. The van der Waals surface area contributed by atoms with Gasteiger partial charge in [-0.2, -0.15) is 0 Å². The number of alkyl halides is 1. The van der Waals surface area contributed by atoms with Gasteiger partial charge in [0, 0.05) is 5.88 Å². The molecule has 1 fully saturated rings. The van der Waals surface area contributed by atoms with Gasteiger partial charge in [-0.15, -0.1) is 11.6 Å². The van der Waals surface area contributed by atoms with Crippen molar-refractivity contribution in [2.75, 3.05) is 5.88 Å². The van der Waals surface area contributed by atoms with Gasteiger partial charge in [-0.1, -0.05) is 12.2 Å². The van der Waals surface area contributed by atoms with Gasteiger partial charge in [-0.3, -0.25) is 0 Å². The number of hydrogen-bond donors (Lipinski definition) is 0. The minimum absolute atomic E-state index is 0.582. The summed E-state index contributed by atoms with van der Waals surface area (Å²) < 4.78 is 0. The molecule has 2 aliphatic carbocycles. The Morgan fingerprint density at radius 2 is 1.91 bits per heavy atom. The molecule has 0 atom stereocenters. The fourth-order valence-corrected chi connectivity index (χ4v) is 2.40. The van der Waals surface area contributed by atoms with Crippen molar-refractivity contribution in [1.82, 2.24) is 0 Å². The molecule has 0 saturated heterocycles. The molecule has 62 valence electrons. The van der Waals surface area contributed by atoms with E-state index < -0.39 is 0 Å². The van der Waals surface area contributed by atoms with E-state index in [0.29, 0.717) is 5.41 Å². The molecule has 11 heavy (non-hydrogen) atoms. The molecule has 0 bridgehead atoms. The Kier molecular flexibility index (Phi) is 1.97. The molecule has 0 N–H and O–H groups in total. The molecule has 0 radical (unpaired) electrons. The van der Waals surface area contributed by atoms with Gasteiger partial charge in [-0.05, 0) is 43.4 Å². The summed E-state index contributed by atoms with van der Waals surface area (Å²) in [6, 6.07) is 0. The van der Waals surface area contributed by atoms with E-state index in [1.165, 1.54) is 32.1 Å². The van der Waals surface area contributed by atoms with Crippen molar-refractivity contribution in [1.29, 1.82) is 0 Å². The first-order valence-electron chi connectivity index (χ1n) is 4.56. The highest BCUT2D eigenvalue weighted by Gasteiger charge is 2.42. The second-order valence-corrected chi connectivity index (χ2v) is 4.41. The molecule has 1 heteroatoms. The maximum atomic E-state index is 5.91. The van der Waals surface area contributed by atoms with Crippen molar-refractivity contribution in [2.45, 2.75) is 32.1 Å². The molecule has 1 saturated carbocycles. The normalized spacial score (nSPS) is 27.7. The van der Waals surface area contributed by atoms with E-state index in [2.05, 4.69) is 12.2 Å². The van der Waals surface area contributed by atoms with Gasteiger partial charge in [0.2, 0.25) is 0 Å². The first kappa shape index (κ1) is 7.67. The maximum absolute atomic E-state index is 5.91. The van der Waals surface area contributed by atoms with Crippen LogP contribution < -0.4 is 0 Å². The van der Waals surface area contributed by atoms with Crippen LogP contribution >= 0.6 is 11.6 Å². The third kappa shape index (κ3) is 1.61. The smallest absolute Gasteiger partial charge is 0.0280 e. The Bertz CT molecular complexity index is 160. The molecule has 0 aromatic carbocycles. The average Bonchev–Trinajstić information content (AvgIpc) is 2.59. The second-order valence-electron chi connectivity index (χ2n) is 4.15. The van der Waals surface area contributed by atoms with Crippen LogP contribution in [0.15, 0.2) is 12.2 Å². The summed E-state index contributed by atoms with van der Waals surface area (Å²) >= 11 is 5.91.